The molecular formula is C42H27N. The van der Waals surface area contributed by atoms with E-state index in [1.807, 2.05) is 0 Å². The van der Waals surface area contributed by atoms with Crippen molar-refractivity contribution in [1.29, 1.82) is 0 Å². The average Bonchev–Trinajstić information content (AvgIpc) is 3.42. The Morgan fingerprint density at radius 3 is 1.21 bits per heavy atom. The fourth-order valence-corrected chi connectivity index (χ4v) is 7.03. The summed E-state index contributed by atoms with van der Waals surface area (Å²) in [7, 11) is 0. The second kappa shape index (κ2) is 9.44. The molecule has 0 aliphatic carbocycles. The highest BCUT2D eigenvalue weighted by Crippen LogP contribution is 2.42. The summed E-state index contributed by atoms with van der Waals surface area (Å²) in [6, 6.07) is 59.7. The minimum absolute atomic E-state index is 1.21. The Morgan fingerprint density at radius 1 is 0.279 bits per heavy atom. The lowest BCUT2D eigenvalue weighted by Crippen LogP contribution is -1.96. The molecule has 0 fully saturated rings. The molecule has 8 aromatic carbocycles. The summed E-state index contributed by atoms with van der Waals surface area (Å²) in [6.07, 6.45) is 0. The fourth-order valence-electron chi connectivity index (χ4n) is 7.03. The van der Waals surface area contributed by atoms with Crippen LogP contribution in [0.25, 0.3) is 82.1 Å². The number of hydrogen-bond acceptors (Lipinski definition) is 0. The van der Waals surface area contributed by atoms with Crippen molar-refractivity contribution in [1.82, 2.24) is 4.57 Å². The van der Waals surface area contributed by atoms with Crippen LogP contribution in [0.1, 0.15) is 0 Å². The van der Waals surface area contributed by atoms with E-state index in [-0.39, 0.29) is 0 Å². The largest absolute Gasteiger partial charge is 0.309 e. The molecule has 0 aliphatic heterocycles. The van der Waals surface area contributed by atoms with E-state index in [9.17, 15) is 0 Å². The maximum absolute atomic E-state index is 2.48. The minimum Gasteiger partial charge on any atom is -0.309 e. The van der Waals surface area contributed by atoms with Gasteiger partial charge >= 0.3 is 0 Å². The maximum atomic E-state index is 2.48. The topological polar surface area (TPSA) is 4.93 Å². The molecule has 1 heterocycles. The normalized spacial score (nSPS) is 11.7. The lowest BCUT2D eigenvalue weighted by Gasteiger charge is -2.16. The van der Waals surface area contributed by atoms with Crippen molar-refractivity contribution in [2.24, 2.45) is 0 Å². The van der Waals surface area contributed by atoms with Gasteiger partial charge in [0.2, 0.25) is 0 Å². The number of benzene rings is 8. The molecule has 0 saturated carbocycles. The van der Waals surface area contributed by atoms with Crippen LogP contribution in [0, 0.1) is 0 Å². The van der Waals surface area contributed by atoms with Crippen molar-refractivity contribution in [3.63, 3.8) is 0 Å². The van der Waals surface area contributed by atoms with Crippen molar-refractivity contribution in [2.45, 2.75) is 0 Å². The number of rotatable bonds is 3. The number of hydrogen-bond donors (Lipinski definition) is 0. The predicted molar refractivity (Wildman–Crippen MR) is 184 cm³/mol. The van der Waals surface area contributed by atoms with Gasteiger partial charge in [-0.3, -0.25) is 0 Å². The molecule has 43 heavy (non-hydrogen) atoms. The van der Waals surface area contributed by atoms with E-state index < -0.39 is 0 Å². The minimum atomic E-state index is 1.21. The molecule has 0 aliphatic rings. The molecule has 1 aromatic heterocycles. The molecule has 0 spiro atoms. The molecule has 0 saturated heterocycles. The molecule has 0 N–H and O–H groups in total. The molecule has 0 amide bonds. The Balaban J connectivity index is 1.43. The van der Waals surface area contributed by atoms with Crippen LogP contribution in [0.2, 0.25) is 0 Å². The average molecular weight is 546 g/mol. The zero-order chi connectivity index (χ0) is 28.3. The highest BCUT2D eigenvalue weighted by atomic mass is 15.0. The molecular weight excluding hydrogens is 518 g/mol. The highest BCUT2D eigenvalue weighted by molar-refractivity contribution is 6.28. The quantitative estimate of drug-likeness (QED) is 0.195. The standard InChI is InChI=1S/C42H27N/c1-3-12-28(13-4-1)30-22-24-39-37(26-30)38-27-31(29-14-5-2-6-15-29)23-25-40(38)43(39)41-21-11-20-36-34-17-8-7-16-32(34)33-18-9-10-19-35(33)42(36)41/h1-27H. The van der Waals surface area contributed by atoms with E-state index in [0.717, 1.165) is 0 Å². The van der Waals surface area contributed by atoms with Crippen molar-refractivity contribution in [2.75, 3.05) is 0 Å². The van der Waals surface area contributed by atoms with E-state index in [1.165, 1.54) is 82.1 Å². The van der Waals surface area contributed by atoms with Gasteiger partial charge in [-0.1, -0.05) is 133 Å². The zero-order valence-electron chi connectivity index (χ0n) is 23.5. The smallest absolute Gasteiger partial charge is 0.0547 e. The molecule has 9 aromatic rings. The van der Waals surface area contributed by atoms with Crippen LogP contribution in [-0.4, -0.2) is 4.57 Å². The lowest BCUT2D eigenvalue weighted by molar-refractivity contribution is 1.20. The molecule has 1 heteroatoms. The summed E-state index contributed by atoms with van der Waals surface area (Å²) >= 11 is 0. The van der Waals surface area contributed by atoms with Crippen LogP contribution in [-0.2, 0) is 0 Å². The third kappa shape index (κ3) is 3.65. The molecule has 9 rings (SSSR count). The fraction of sp³-hybridized carbons (Fsp3) is 0. The Bertz CT molecular complexity index is 2340. The van der Waals surface area contributed by atoms with Gasteiger partial charge < -0.3 is 4.57 Å². The summed E-state index contributed by atoms with van der Waals surface area (Å²) in [6.45, 7) is 0. The Labute approximate surface area is 249 Å². The SMILES string of the molecule is c1ccc(-c2ccc3c(c2)c2cc(-c4ccccc4)ccc2n3-c2cccc3c4ccccc4c4ccccc4c23)cc1. The monoisotopic (exact) mass is 545 g/mol. The maximum Gasteiger partial charge on any atom is 0.0547 e. The van der Waals surface area contributed by atoms with Gasteiger partial charge in [0.1, 0.15) is 0 Å². The van der Waals surface area contributed by atoms with E-state index in [4.69, 9.17) is 0 Å². The number of fused-ring (bicyclic) bond motifs is 9. The summed E-state index contributed by atoms with van der Waals surface area (Å²) in [5.41, 5.74) is 8.55. The predicted octanol–water partition coefficient (Wildman–Crippen LogP) is 11.6. The third-order valence-corrected chi connectivity index (χ3v) is 8.97. The van der Waals surface area contributed by atoms with Crippen LogP contribution in [0.3, 0.4) is 0 Å². The van der Waals surface area contributed by atoms with Crippen LogP contribution >= 0.6 is 0 Å². The van der Waals surface area contributed by atoms with Gasteiger partial charge in [0.05, 0.1) is 16.7 Å². The van der Waals surface area contributed by atoms with Gasteiger partial charge in [-0.2, -0.15) is 0 Å². The van der Waals surface area contributed by atoms with E-state index >= 15 is 0 Å². The molecule has 0 radical (unpaired) electrons. The summed E-state index contributed by atoms with van der Waals surface area (Å²) in [5, 5.41) is 10.2. The summed E-state index contributed by atoms with van der Waals surface area (Å²) in [5.74, 6) is 0. The van der Waals surface area contributed by atoms with E-state index in [1.54, 1.807) is 0 Å². The van der Waals surface area contributed by atoms with E-state index in [0.29, 0.717) is 0 Å². The highest BCUT2D eigenvalue weighted by Gasteiger charge is 2.18. The van der Waals surface area contributed by atoms with Crippen molar-refractivity contribution < 1.29 is 0 Å². The van der Waals surface area contributed by atoms with Gasteiger partial charge in [-0.15, -0.1) is 0 Å². The first-order chi connectivity index (χ1) is 21.3. The van der Waals surface area contributed by atoms with Crippen LogP contribution in [0.5, 0.6) is 0 Å². The Hall–Kier alpha value is -5.66. The van der Waals surface area contributed by atoms with Crippen LogP contribution in [0.4, 0.5) is 0 Å². The number of aromatic nitrogens is 1. The second-order valence-electron chi connectivity index (χ2n) is 11.3. The van der Waals surface area contributed by atoms with Crippen molar-refractivity contribution >= 4 is 54.1 Å². The first-order valence-electron chi connectivity index (χ1n) is 14.9. The summed E-state index contributed by atoms with van der Waals surface area (Å²) in [4.78, 5) is 0. The van der Waals surface area contributed by atoms with Crippen LogP contribution in [0.15, 0.2) is 164 Å². The first-order valence-corrected chi connectivity index (χ1v) is 14.9. The van der Waals surface area contributed by atoms with E-state index in [2.05, 4.69) is 168 Å². The summed E-state index contributed by atoms with van der Waals surface area (Å²) < 4.78 is 2.48. The molecule has 0 atom stereocenters. The molecule has 1 nitrogen and oxygen atoms in total. The molecule has 200 valence electrons. The van der Waals surface area contributed by atoms with Gasteiger partial charge in [-0.25, -0.2) is 0 Å². The van der Waals surface area contributed by atoms with Gasteiger partial charge in [-0.05, 0) is 79.5 Å². The second-order valence-corrected chi connectivity index (χ2v) is 11.3. The first kappa shape index (κ1) is 24.0. The lowest BCUT2D eigenvalue weighted by atomic mass is 9.93. The van der Waals surface area contributed by atoms with Crippen molar-refractivity contribution in [3.05, 3.63) is 164 Å². The van der Waals surface area contributed by atoms with Crippen molar-refractivity contribution in [3.8, 4) is 27.9 Å². The third-order valence-electron chi connectivity index (χ3n) is 8.97. The van der Waals surface area contributed by atoms with Crippen LogP contribution < -0.4 is 0 Å². The Morgan fingerprint density at radius 2 is 0.698 bits per heavy atom. The molecule has 0 bridgehead atoms. The van der Waals surface area contributed by atoms with Gasteiger partial charge in [0.15, 0.2) is 0 Å². The Kier molecular flexibility index (Phi) is 5.27. The zero-order valence-corrected chi connectivity index (χ0v) is 23.5. The van der Waals surface area contributed by atoms with Gasteiger partial charge in [0, 0.05) is 16.2 Å². The number of nitrogens with zero attached hydrogens (tertiary/aromatic N) is 1. The van der Waals surface area contributed by atoms with Gasteiger partial charge in [0.25, 0.3) is 0 Å². The molecule has 0 unspecified atom stereocenters.